The zero-order chi connectivity index (χ0) is 23.0. The summed E-state index contributed by atoms with van der Waals surface area (Å²) in [6.07, 6.45) is -7.28. The number of rotatable bonds is 4. The zero-order valence-corrected chi connectivity index (χ0v) is 18.5. The molecule has 1 atom stereocenters. The zero-order valence-electron chi connectivity index (χ0n) is 16.1. The van der Waals surface area contributed by atoms with Crippen molar-refractivity contribution < 1.29 is 36.4 Å². The van der Waals surface area contributed by atoms with E-state index in [9.17, 15) is 22.8 Å². The summed E-state index contributed by atoms with van der Waals surface area (Å²) in [5.41, 5.74) is -1.15. The van der Waals surface area contributed by atoms with Crippen molar-refractivity contribution in [3.63, 3.8) is 0 Å². The van der Waals surface area contributed by atoms with Crippen LogP contribution in [0.1, 0.15) is 38.2 Å². The maximum absolute atomic E-state index is 13.2. The van der Waals surface area contributed by atoms with Gasteiger partial charge in [-0.25, -0.2) is 4.79 Å². The van der Waals surface area contributed by atoms with Crippen molar-refractivity contribution in [3.05, 3.63) is 39.6 Å². The molecule has 0 aromatic heterocycles. The largest absolute Gasteiger partial charge is 0.515 e. The number of nitrogens with one attached hydrogen (secondary N) is 1. The molecule has 12 heteroatoms. The van der Waals surface area contributed by atoms with Crippen molar-refractivity contribution in [1.82, 2.24) is 5.32 Å². The first-order chi connectivity index (χ1) is 14.5. The Bertz CT molecular complexity index is 916. The number of halogens is 5. The molecule has 1 spiro atoms. The molecule has 6 nitrogen and oxygen atoms in total. The quantitative estimate of drug-likeness (QED) is 0.241. The lowest BCUT2D eigenvalue weighted by molar-refractivity contribution is -0.185. The second-order valence-corrected chi connectivity index (χ2v) is 8.38. The normalized spacial score (nSPS) is 24.9. The molecule has 0 saturated heterocycles. The van der Waals surface area contributed by atoms with E-state index in [2.05, 4.69) is 22.4 Å². The molecular formula is C19H18Cl2F3NO5S. The molecule has 3 rings (SSSR count). The number of amides is 1. The van der Waals surface area contributed by atoms with Gasteiger partial charge in [0.25, 0.3) is 5.91 Å². The lowest BCUT2D eigenvalue weighted by Gasteiger charge is -2.38. The van der Waals surface area contributed by atoms with Crippen LogP contribution in [0.25, 0.3) is 5.57 Å². The number of carbonyl (C=O) groups excluding carboxylic acids is 2. The minimum atomic E-state index is -4.35. The van der Waals surface area contributed by atoms with E-state index in [1.165, 1.54) is 25.1 Å². The average molecular weight is 500 g/mol. The second-order valence-electron chi connectivity index (χ2n) is 7.32. The first kappa shape index (κ1) is 24.0. The van der Waals surface area contributed by atoms with Gasteiger partial charge >= 0.3 is 12.3 Å². The minimum Gasteiger partial charge on any atom is -0.403 e. The molecule has 1 amide bonds. The SMILES string of the molecule is CC(OS)OC(=O)OC1=C(c2ccc(Cl)cc2Cl)C(=O)NC12CCC(C(F)(F)F)CC2. The van der Waals surface area contributed by atoms with Gasteiger partial charge in [0.2, 0.25) is 6.29 Å². The first-order valence-electron chi connectivity index (χ1n) is 9.25. The van der Waals surface area contributed by atoms with Gasteiger partial charge in [0.15, 0.2) is 5.76 Å². The van der Waals surface area contributed by atoms with Crippen LogP contribution < -0.4 is 5.32 Å². The number of thiol groups is 1. The van der Waals surface area contributed by atoms with E-state index in [-0.39, 0.29) is 47.6 Å². The van der Waals surface area contributed by atoms with Crippen LogP contribution in [0.3, 0.4) is 0 Å². The number of hydrogen-bond acceptors (Lipinski definition) is 6. The average Bonchev–Trinajstić information content (AvgIpc) is 2.92. The summed E-state index contributed by atoms with van der Waals surface area (Å²) in [6, 6.07) is 4.35. The topological polar surface area (TPSA) is 73.9 Å². The van der Waals surface area contributed by atoms with E-state index >= 15 is 0 Å². The van der Waals surface area contributed by atoms with Crippen molar-refractivity contribution >= 4 is 53.7 Å². The highest BCUT2D eigenvalue weighted by molar-refractivity contribution is 7.75. The third kappa shape index (κ3) is 5.08. The second kappa shape index (κ2) is 9.09. The molecule has 1 aromatic rings. The van der Waals surface area contributed by atoms with Gasteiger partial charge in [0.05, 0.1) is 22.1 Å². The predicted molar refractivity (Wildman–Crippen MR) is 109 cm³/mol. The number of alkyl halides is 3. The van der Waals surface area contributed by atoms with Crippen LogP contribution in [0, 0.1) is 5.92 Å². The fourth-order valence-electron chi connectivity index (χ4n) is 3.82. The van der Waals surface area contributed by atoms with E-state index in [1.807, 2.05) is 0 Å². The van der Waals surface area contributed by atoms with Gasteiger partial charge in [0, 0.05) is 10.6 Å². The van der Waals surface area contributed by atoms with Gasteiger partial charge in [-0.3, -0.25) is 8.98 Å². The predicted octanol–water partition coefficient (Wildman–Crippen LogP) is 5.69. The molecule has 1 saturated carbocycles. The molecule has 0 bridgehead atoms. The van der Waals surface area contributed by atoms with E-state index in [1.54, 1.807) is 0 Å². The number of benzene rings is 1. The van der Waals surface area contributed by atoms with Crippen molar-refractivity contribution in [2.24, 2.45) is 5.92 Å². The van der Waals surface area contributed by atoms with E-state index in [4.69, 9.17) is 32.7 Å². The third-order valence-corrected chi connectivity index (χ3v) is 6.18. The Morgan fingerprint density at radius 3 is 2.48 bits per heavy atom. The molecule has 1 aromatic carbocycles. The Kier molecular flexibility index (Phi) is 7.05. The smallest absolute Gasteiger partial charge is 0.403 e. The molecule has 1 aliphatic carbocycles. The summed E-state index contributed by atoms with van der Waals surface area (Å²) in [6.45, 7) is 1.38. The molecule has 1 aliphatic heterocycles. The fourth-order valence-corrected chi connectivity index (χ4v) is 4.36. The summed E-state index contributed by atoms with van der Waals surface area (Å²) in [4.78, 5) is 25.2. The Hall–Kier alpha value is -1.62. The molecule has 1 fully saturated rings. The minimum absolute atomic E-state index is 0.0662. The highest BCUT2D eigenvalue weighted by Gasteiger charge is 2.53. The molecule has 2 aliphatic rings. The molecule has 0 radical (unpaired) electrons. The van der Waals surface area contributed by atoms with Gasteiger partial charge in [0.1, 0.15) is 0 Å². The number of hydrogen-bond donors (Lipinski definition) is 2. The third-order valence-electron chi connectivity index (χ3n) is 5.34. The van der Waals surface area contributed by atoms with E-state index in [0.29, 0.717) is 5.02 Å². The molecule has 1 heterocycles. The molecule has 1 N–H and O–H groups in total. The van der Waals surface area contributed by atoms with E-state index < -0.39 is 36.0 Å². The monoisotopic (exact) mass is 499 g/mol. The maximum Gasteiger partial charge on any atom is 0.515 e. The van der Waals surface area contributed by atoms with Gasteiger partial charge < -0.3 is 14.8 Å². The Labute approximate surface area is 191 Å². The summed E-state index contributed by atoms with van der Waals surface area (Å²) in [7, 11) is 0. The van der Waals surface area contributed by atoms with Gasteiger partial charge in [-0.2, -0.15) is 13.2 Å². The van der Waals surface area contributed by atoms with Crippen LogP contribution in [0.15, 0.2) is 24.0 Å². The standard InChI is InChI=1S/C19H18Cl2F3NO5S/c1-9(30-31)28-17(27)29-15-14(12-3-2-11(20)8-13(12)21)16(26)25-18(15)6-4-10(5-7-18)19(22,23)24/h2-3,8-10,31H,4-7H2,1H3,(H,25,26). The fraction of sp³-hybridized carbons (Fsp3) is 0.474. The van der Waals surface area contributed by atoms with Crippen LogP contribution in [0.5, 0.6) is 0 Å². The highest BCUT2D eigenvalue weighted by atomic mass is 35.5. The summed E-state index contributed by atoms with van der Waals surface area (Å²) >= 11 is 15.7. The van der Waals surface area contributed by atoms with Crippen molar-refractivity contribution in [2.45, 2.75) is 50.6 Å². The Morgan fingerprint density at radius 2 is 1.94 bits per heavy atom. The van der Waals surface area contributed by atoms with Crippen LogP contribution in [-0.4, -0.2) is 30.1 Å². The van der Waals surface area contributed by atoms with E-state index in [0.717, 1.165) is 0 Å². The Morgan fingerprint density at radius 1 is 1.29 bits per heavy atom. The van der Waals surface area contributed by atoms with Gasteiger partial charge in [-0.1, -0.05) is 29.3 Å². The van der Waals surface area contributed by atoms with Crippen LogP contribution >= 0.6 is 36.1 Å². The van der Waals surface area contributed by atoms with Crippen molar-refractivity contribution in [3.8, 4) is 0 Å². The molecule has 31 heavy (non-hydrogen) atoms. The van der Waals surface area contributed by atoms with Crippen molar-refractivity contribution in [2.75, 3.05) is 0 Å². The van der Waals surface area contributed by atoms with Crippen LogP contribution in [0.2, 0.25) is 10.0 Å². The lowest BCUT2D eigenvalue weighted by atomic mass is 9.75. The lowest BCUT2D eigenvalue weighted by Crippen LogP contribution is -2.49. The molecular weight excluding hydrogens is 482 g/mol. The van der Waals surface area contributed by atoms with Gasteiger partial charge in [-0.05, 0) is 57.6 Å². The van der Waals surface area contributed by atoms with Crippen molar-refractivity contribution in [1.29, 1.82) is 0 Å². The molecule has 1 unspecified atom stereocenters. The highest BCUT2D eigenvalue weighted by Crippen LogP contribution is 2.48. The summed E-state index contributed by atoms with van der Waals surface area (Å²) in [5.74, 6) is -2.28. The Balaban J connectivity index is 2.02. The maximum atomic E-state index is 13.2. The van der Waals surface area contributed by atoms with Crippen LogP contribution in [-0.2, 0) is 18.5 Å². The summed E-state index contributed by atoms with van der Waals surface area (Å²) < 4.78 is 54.3. The summed E-state index contributed by atoms with van der Waals surface area (Å²) in [5, 5.41) is 3.13. The number of ether oxygens (including phenoxy) is 2. The molecule has 170 valence electrons. The first-order valence-corrected chi connectivity index (χ1v) is 10.4. The van der Waals surface area contributed by atoms with Gasteiger partial charge in [-0.15, -0.1) is 0 Å². The van der Waals surface area contributed by atoms with Crippen LogP contribution in [0.4, 0.5) is 18.0 Å². The number of carbonyl (C=O) groups is 2.